The first-order valence-electron chi connectivity index (χ1n) is 9.27. The third-order valence-electron chi connectivity index (χ3n) is 4.67. The van der Waals surface area contributed by atoms with E-state index in [1.807, 2.05) is 12.1 Å². The molecular weight excluding hydrogens is 405 g/mol. The maximum atomic E-state index is 13.3. The van der Waals surface area contributed by atoms with Crippen LogP contribution in [0.3, 0.4) is 0 Å². The molecule has 5 nitrogen and oxygen atoms in total. The van der Waals surface area contributed by atoms with Crippen molar-refractivity contribution in [1.29, 1.82) is 0 Å². The number of para-hydroxylation sites is 1. The molecule has 0 spiro atoms. The highest BCUT2D eigenvalue weighted by atomic mass is 35.5. The number of amides is 1. The standard InChI is InChI=1S/C23H17ClFN3O2/c24-17-9-5-15(6-10-17)13-28(23(30)16-7-11-18(25)12-8-16)14-21-26-20-4-2-1-3-19(20)22(29)27-21/h1-12H,13-14H2,(H,26,27,29). The molecule has 1 N–H and O–H groups in total. The molecule has 150 valence electrons. The van der Waals surface area contributed by atoms with Gasteiger partial charge in [0.1, 0.15) is 11.6 Å². The molecule has 0 atom stereocenters. The Balaban J connectivity index is 1.69. The van der Waals surface area contributed by atoms with Crippen LogP contribution in [0.15, 0.2) is 77.6 Å². The van der Waals surface area contributed by atoms with Crippen molar-refractivity contribution in [3.05, 3.63) is 111 Å². The molecule has 0 saturated carbocycles. The van der Waals surface area contributed by atoms with Crippen LogP contribution in [0.4, 0.5) is 4.39 Å². The lowest BCUT2D eigenvalue weighted by atomic mass is 10.1. The summed E-state index contributed by atoms with van der Waals surface area (Å²) in [6.45, 7) is 0.350. The van der Waals surface area contributed by atoms with Gasteiger partial charge in [-0.1, -0.05) is 35.9 Å². The molecule has 1 heterocycles. The van der Waals surface area contributed by atoms with Crippen LogP contribution in [0.5, 0.6) is 0 Å². The van der Waals surface area contributed by atoms with Crippen molar-refractivity contribution in [1.82, 2.24) is 14.9 Å². The molecule has 0 radical (unpaired) electrons. The predicted octanol–water partition coefficient (Wildman–Crippen LogP) is 4.56. The van der Waals surface area contributed by atoms with Crippen LogP contribution in [0.1, 0.15) is 21.7 Å². The van der Waals surface area contributed by atoms with Crippen LogP contribution < -0.4 is 5.56 Å². The Kier molecular flexibility index (Phi) is 5.59. The molecule has 4 aromatic rings. The third kappa shape index (κ3) is 4.39. The van der Waals surface area contributed by atoms with Crippen molar-refractivity contribution >= 4 is 28.4 Å². The molecule has 0 unspecified atom stereocenters. The Morgan fingerprint density at radius 2 is 1.67 bits per heavy atom. The molecule has 7 heteroatoms. The van der Waals surface area contributed by atoms with E-state index in [9.17, 15) is 14.0 Å². The second-order valence-electron chi connectivity index (χ2n) is 6.82. The quantitative estimate of drug-likeness (QED) is 0.513. The number of nitrogens with one attached hydrogen (secondary N) is 1. The summed E-state index contributed by atoms with van der Waals surface area (Å²) in [5.41, 5.74) is 1.49. The van der Waals surface area contributed by atoms with Gasteiger partial charge in [-0.05, 0) is 54.1 Å². The van der Waals surface area contributed by atoms with E-state index in [1.165, 1.54) is 24.3 Å². The number of aromatic amines is 1. The molecule has 0 aliphatic heterocycles. The molecule has 1 aromatic heterocycles. The van der Waals surface area contributed by atoms with E-state index in [1.54, 1.807) is 41.3 Å². The zero-order valence-corrected chi connectivity index (χ0v) is 16.6. The Morgan fingerprint density at radius 3 is 2.40 bits per heavy atom. The van der Waals surface area contributed by atoms with Crippen LogP contribution >= 0.6 is 11.6 Å². The Bertz CT molecular complexity index is 1250. The molecule has 0 saturated heterocycles. The SMILES string of the molecule is O=C(c1ccc(F)cc1)N(Cc1ccc(Cl)cc1)Cc1nc2ccccc2c(=O)[nH]1. The molecule has 0 aliphatic rings. The number of hydrogen-bond acceptors (Lipinski definition) is 3. The summed E-state index contributed by atoms with van der Waals surface area (Å²) in [6, 6.07) is 19.5. The van der Waals surface area contributed by atoms with E-state index in [0.29, 0.717) is 27.3 Å². The van der Waals surface area contributed by atoms with Gasteiger partial charge in [-0.25, -0.2) is 9.37 Å². The number of halogens is 2. The second-order valence-corrected chi connectivity index (χ2v) is 7.26. The Hall–Kier alpha value is -3.51. The average molecular weight is 422 g/mol. The van der Waals surface area contributed by atoms with Gasteiger partial charge in [0.25, 0.3) is 11.5 Å². The summed E-state index contributed by atoms with van der Waals surface area (Å²) >= 11 is 5.96. The van der Waals surface area contributed by atoms with Gasteiger partial charge >= 0.3 is 0 Å². The third-order valence-corrected chi connectivity index (χ3v) is 4.92. The normalized spacial score (nSPS) is 10.9. The number of benzene rings is 3. The van der Waals surface area contributed by atoms with Crippen molar-refractivity contribution in [2.24, 2.45) is 0 Å². The van der Waals surface area contributed by atoms with Gasteiger partial charge in [-0.3, -0.25) is 9.59 Å². The number of nitrogens with zero attached hydrogens (tertiary/aromatic N) is 2. The Morgan fingerprint density at radius 1 is 0.967 bits per heavy atom. The van der Waals surface area contributed by atoms with Crippen LogP contribution in [0.25, 0.3) is 10.9 Å². The predicted molar refractivity (Wildman–Crippen MR) is 114 cm³/mol. The zero-order chi connectivity index (χ0) is 21.1. The van der Waals surface area contributed by atoms with Gasteiger partial charge in [0.05, 0.1) is 17.4 Å². The number of H-pyrrole nitrogens is 1. The van der Waals surface area contributed by atoms with Crippen LogP contribution in [-0.4, -0.2) is 20.8 Å². The molecule has 0 bridgehead atoms. The molecule has 0 aliphatic carbocycles. The van der Waals surface area contributed by atoms with E-state index in [0.717, 1.165) is 5.56 Å². The lowest BCUT2D eigenvalue weighted by Gasteiger charge is -2.23. The zero-order valence-electron chi connectivity index (χ0n) is 15.8. The van der Waals surface area contributed by atoms with E-state index in [4.69, 9.17) is 11.6 Å². The fraction of sp³-hybridized carbons (Fsp3) is 0.0870. The van der Waals surface area contributed by atoms with Crippen molar-refractivity contribution in [2.45, 2.75) is 13.1 Å². The van der Waals surface area contributed by atoms with E-state index in [-0.39, 0.29) is 24.6 Å². The first-order chi connectivity index (χ1) is 14.5. The van der Waals surface area contributed by atoms with Gasteiger partial charge in [0.15, 0.2) is 0 Å². The van der Waals surface area contributed by atoms with E-state index < -0.39 is 5.82 Å². The van der Waals surface area contributed by atoms with Gasteiger partial charge < -0.3 is 9.88 Å². The number of carbonyl (C=O) groups excluding carboxylic acids is 1. The number of rotatable bonds is 5. The first kappa shape index (κ1) is 19.8. The summed E-state index contributed by atoms with van der Waals surface area (Å²) in [6.07, 6.45) is 0. The lowest BCUT2D eigenvalue weighted by molar-refractivity contribution is 0.0725. The topological polar surface area (TPSA) is 66.1 Å². The molecule has 0 fully saturated rings. The second kappa shape index (κ2) is 8.47. The highest BCUT2D eigenvalue weighted by molar-refractivity contribution is 6.30. The van der Waals surface area contributed by atoms with Crippen molar-refractivity contribution in [3.8, 4) is 0 Å². The first-order valence-corrected chi connectivity index (χ1v) is 9.64. The van der Waals surface area contributed by atoms with Crippen molar-refractivity contribution in [2.75, 3.05) is 0 Å². The summed E-state index contributed by atoms with van der Waals surface area (Å²) < 4.78 is 13.3. The summed E-state index contributed by atoms with van der Waals surface area (Å²) in [5.74, 6) is -0.361. The molecular formula is C23H17ClFN3O2. The highest BCUT2D eigenvalue weighted by Gasteiger charge is 2.18. The maximum absolute atomic E-state index is 13.3. The summed E-state index contributed by atoms with van der Waals surface area (Å²) in [4.78, 5) is 34.3. The maximum Gasteiger partial charge on any atom is 0.258 e. The minimum absolute atomic E-state index is 0.0823. The molecule has 30 heavy (non-hydrogen) atoms. The minimum atomic E-state index is -0.420. The molecule has 3 aromatic carbocycles. The summed E-state index contributed by atoms with van der Waals surface area (Å²) in [5, 5.41) is 1.08. The van der Waals surface area contributed by atoms with E-state index >= 15 is 0 Å². The minimum Gasteiger partial charge on any atom is -0.327 e. The van der Waals surface area contributed by atoms with Gasteiger partial charge in [0.2, 0.25) is 0 Å². The van der Waals surface area contributed by atoms with Gasteiger partial charge in [-0.15, -0.1) is 0 Å². The van der Waals surface area contributed by atoms with Crippen LogP contribution in [0, 0.1) is 5.82 Å². The number of hydrogen-bond donors (Lipinski definition) is 1. The number of carbonyl (C=O) groups is 1. The molecule has 4 rings (SSSR count). The number of aromatic nitrogens is 2. The largest absolute Gasteiger partial charge is 0.327 e. The molecule has 1 amide bonds. The van der Waals surface area contributed by atoms with Crippen LogP contribution in [0.2, 0.25) is 5.02 Å². The van der Waals surface area contributed by atoms with E-state index in [2.05, 4.69) is 9.97 Å². The summed E-state index contributed by atoms with van der Waals surface area (Å²) in [7, 11) is 0. The fourth-order valence-corrected chi connectivity index (χ4v) is 3.30. The highest BCUT2D eigenvalue weighted by Crippen LogP contribution is 2.16. The monoisotopic (exact) mass is 421 g/mol. The lowest BCUT2D eigenvalue weighted by Crippen LogP contribution is -2.31. The van der Waals surface area contributed by atoms with Crippen molar-refractivity contribution < 1.29 is 9.18 Å². The van der Waals surface area contributed by atoms with Crippen molar-refractivity contribution in [3.63, 3.8) is 0 Å². The fourth-order valence-electron chi connectivity index (χ4n) is 3.18. The van der Waals surface area contributed by atoms with Gasteiger partial charge in [-0.2, -0.15) is 0 Å². The smallest absolute Gasteiger partial charge is 0.258 e. The number of fused-ring (bicyclic) bond motifs is 1. The van der Waals surface area contributed by atoms with Crippen LogP contribution in [-0.2, 0) is 13.1 Å². The average Bonchev–Trinajstić information content (AvgIpc) is 2.75. The Labute approximate surface area is 176 Å². The van der Waals surface area contributed by atoms with Gasteiger partial charge in [0, 0.05) is 17.1 Å².